The Labute approximate surface area is 156 Å². The molecule has 5 nitrogen and oxygen atoms in total. The van der Waals surface area contributed by atoms with E-state index in [1.54, 1.807) is 19.2 Å². The first-order chi connectivity index (χ1) is 13.3. The van der Waals surface area contributed by atoms with Crippen LogP contribution in [0.4, 0.5) is 11.5 Å². The van der Waals surface area contributed by atoms with E-state index < -0.39 is 0 Å². The summed E-state index contributed by atoms with van der Waals surface area (Å²) in [5.74, 6) is 1.47. The summed E-state index contributed by atoms with van der Waals surface area (Å²) in [6.45, 7) is 0. The lowest BCUT2D eigenvalue weighted by molar-refractivity contribution is 0.415. The summed E-state index contributed by atoms with van der Waals surface area (Å²) in [6.07, 6.45) is 0. The molecule has 0 radical (unpaired) electrons. The van der Waals surface area contributed by atoms with Gasteiger partial charge in [0.25, 0.3) is 0 Å². The van der Waals surface area contributed by atoms with E-state index in [-0.39, 0.29) is 0 Å². The number of hydrogen-bond acceptors (Lipinski definition) is 5. The predicted molar refractivity (Wildman–Crippen MR) is 106 cm³/mol. The van der Waals surface area contributed by atoms with Gasteiger partial charge in [-0.15, -0.1) is 10.2 Å². The number of rotatable bonds is 4. The molecule has 0 unspecified atom stereocenters. The molecule has 1 heterocycles. The van der Waals surface area contributed by atoms with Gasteiger partial charge < -0.3 is 10.1 Å². The Bertz CT molecular complexity index is 1130. The maximum Gasteiger partial charge on any atom is 0.161 e. The van der Waals surface area contributed by atoms with Gasteiger partial charge in [0.05, 0.1) is 18.7 Å². The summed E-state index contributed by atoms with van der Waals surface area (Å²) in [4.78, 5) is 0. The molecule has 4 aromatic rings. The molecule has 0 aliphatic heterocycles. The Morgan fingerprint density at radius 2 is 1.56 bits per heavy atom. The van der Waals surface area contributed by atoms with Crippen LogP contribution in [0.1, 0.15) is 5.56 Å². The fourth-order valence-electron chi connectivity index (χ4n) is 2.92. The number of nitriles is 1. The van der Waals surface area contributed by atoms with Gasteiger partial charge in [0.15, 0.2) is 5.82 Å². The summed E-state index contributed by atoms with van der Waals surface area (Å²) in [6, 6.07) is 25.2. The first kappa shape index (κ1) is 16.6. The van der Waals surface area contributed by atoms with E-state index in [1.807, 2.05) is 60.7 Å². The minimum atomic E-state index is 0.617. The first-order valence-electron chi connectivity index (χ1n) is 8.45. The van der Waals surface area contributed by atoms with Crippen LogP contribution in [0.15, 0.2) is 72.8 Å². The van der Waals surface area contributed by atoms with Crippen molar-refractivity contribution in [2.75, 3.05) is 12.4 Å². The van der Waals surface area contributed by atoms with Crippen molar-refractivity contribution in [1.82, 2.24) is 10.2 Å². The normalized spacial score (nSPS) is 10.4. The number of nitrogens with zero attached hydrogens (tertiary/aromatic N) is 3. The van der Waals surface area contributed by atoms with Crippen LogP contribution in [-0.4, -0.2) is 17.3 Å². The van der Waals surface area contributed by atoms with Crippen molar-refractivity contribution in [3.05, 3.63) is 78.4 Å². The molecule has 27 heavy (non-hydrogen) atoms. The number of nitrogens with one attached hydrogen (secondary N) is 1. The summed E-state index contributed by atoms with van der Waals surface area (Å²) < 4.78 is 5.23. The highest BCUT2D eigenvalue weighted by atomic mass is 16.5. The number of methoxy groups -OCH3 is 1. The summed E-state index contributed by atoms with van der Waals surface area (Å²) in [5.41, 5.74) is 3.26. The molecule has 0 saturated heterocycles. The van der Waals surface area contributed by atoms with Gasteiger partial charge >= 0.3 is 0 Å². The molecular weight excluding hydrogens is 336 g/mol. The van der Waals surface area contributed by atoms with Crippen molar-refractivity contribution in [2.45, 2.75) is 0 Å². The molecule has 0 amide bonds. The topological polar surface area (TPSA) is 70.8 Å². The van der Waals surface area contributed by atoms with Crippen LogP contribution < -0.4 is 10.1 Å². The number of anilines is 2. The van der Waals surface area contributed by atoms with Gasteiger partial charge in [-0.2, -0.15) is 5.26 Å². The zero-order chi connectivity index (χ0) is 18.6. The predicted octanol–water partition coefficient (Wildman–Crippen LogP) is 4.92. The molecule has 1 N–H and O–H groups in total. The molecule has 0 bridgehead atoms. The van der Waals surface area contributed by atoms with Gasteiger partial charge in [0.1, 0.15) is 11.4 Å². The third-order valence-corrected chi connectivity index (χ3v) is 4.33. The molecule has 5 heteroatoms. The van der Waals surface area contributed by atoms with Crippen LogP contribution in [0.25, 0.3) is 22.0 Å². The van der Waals surface area contributed by atoms with Crippen LogP contribution in [-0.2, 0) is 0 Å². The highest BCUT2D eigenvalue weighted by molar-refractivity contribution is 6.00. The van der Waals surface area contributed by atoms with Crippen LogP contribution >= 0.6 is 0 Å². The zero-order valence-corrected chi connectivity index (χ0v) is 14.7. The molecule has 0 aliphatic carbocycles. The van der Waals surface area contributed by atoms with Gasteiger partial charge in [0.2, 0.25) is 0 Å². The lowest BCUT2D eigenvalue weighted by Gasteiger charge is -2.11. The summed E-state index contributed by atoms with van der Waals surface area (Å²) >= 11 is 0. The smallest absolute Gasteiger partial charge is 0.161 e. The molecule has 0 aliphatic rings. The van der Waals surface area contributed by atoms with Crippen LogP contribution in [0, 0.1) is 11.3 Å². The summed E-state index contributed by atoms with van der Waals surface area (Å²) in [7, 11) is 1.65. The molecule has 0 fully saturated rings. The molecule has 130 valence electrons. The molecule has 4 rings (SSSR count). The minimum absolute atomic E-state index is 0.617. The number of hydrogen-bond donors (Lipinski definition) is 1. The quantitative estimate of drug-likeness (QED) is 0.564. The maximum absolute atomic E-state index is 8.93. The fraction of sp³-hybridized carbons (Fsp3) is 0.0455. The minimum Gasteiger partial charge on any atom is -0.497 e. The maximum atomic E-state index is 8.93. The highest BCUT2D eigenvalue weighted by Crippen LogP contribution is 2.31. The third kappa shape index (κ3) is 3.29. The monoisotopic (exact) mass is 352 g/mol. The van der Waals surface area contributed by atoms with Crippen molar-refractivity contribution in [2.24, 2.45) is 0 Å². The second-order valence-corrected chi connectivity index (χ2v) is 5.99. The molecule has 0 saturated carbocycles. The molecule has 0 spiro atoms. The van der Waals surface area contributed by atoms with Gasteiger partial charge in [0, 0.05) is 22.0 Å². The largest absolute Gasteiger partial charge is 0.497 e. The second-order valence-electron chi connectivity index (χ2n) is 5.99. The van der Waals surface area contributed by atoms with Gasteiger partial charge in [-0.25, -0.2) is 0 Å². The zero-order valence-electron chi connectivity index (χ0n) is 14.7. The SMILES string of the molecule is COc1ccc(-c2nnc(Nc3ccc(C#N)cc3)c3ccccc23)cc1. The van der Waals surface area contributed by atoms with Crippen molar-refractivity contribution >= 4 is 22.3 Å². The van der Waals surface area contributed by atoms with Crippen molar-refractivity contribution in [3.8, 4) is 23.1 Å². The number of benzene rings is 3. The Kier molecular flexibility index (Phi) is 4.38. The Morgan fingerprint density at radius 3 is 2.22 bits per heavy atom. The van der Waals surface area contributed by atoms with E-state index in [9.17, 15) is 0 Å². The van der Waals surface area contributed by atoms with Crippen molar-refractivity contribution in [1.29, 1.82) is 5.26 Å². The van der Waals surface area contributed by atoms with E-state index in [1.165, 1.54) is 0 Å². The van der Waals surface area contributed by atoms with Crippen LogP contribution in [0.3, 0.4) is 0 Å². The number of fused-ring (bicyclic) bond motifs is 1. The van der Waals surface area contributed by atoms with E-state index in [0.29, 0.717) is 11.4 Å². The van der Waals surface area contributed by atoms with E-state index in [4.69, 9.17) is 10.00 Å². The first-order valence-corrected chi connectivity index (χ1v) is 8.45. The molecule has 3 aromatic carbocycles. The standard InChI is InChI=1S/C22H16N4O/c1-27-18-12-8-16(9-13-18)21-19-4-2-3-5-20(19)22(26-25-21)24-17-10-6-15(14-23)7-11-17/h2-13H,1H3,(H,24,26). The lowest BCUT2D eigenvalue weighted by atomic mass is 10.0. The third-order valence-electron chi connectivity index (χ3n) is 4.33. The number of ether oxygens (including phenoxy) is 1. The van der Waals surface area contributed by atoms with Crippen LogP contribution in [0.5, 0.6) is 5.75 Å². The Hall–Kier alpha value is -3.91. The average molecular weight is 352 g/mol. The van der Waals surface area contributed by atoms with Gasteiger partial charge in [-0.05, 0) is 48.5 Å². The Morgan fingerprint density at radius 1 is 0.852 bits per heavy atom. The summed E-state index contributed by atoms with van der Waals surface area (Å²) in [5, 5.41) is 23.1. The molecule has 0 atom stereocenters. The molecular formula is C22H16N4O. The fourth-order valence-corrected chi connectivity index (χ4v) is 2.92. The molecule has 1 aromatic heterocycles. The number of aromatic nitrogens is 2. The van der Waals surface area contributed by atoms with Crippen molar-refractivity contribution < 1.29 is 4.74 Å². The van der Waals surface area contributed by atoms with E-state index >= 15 is 0 Å². The van der Waals surface area contributed by atoms with E-state index in [0.717, 1.165) is 33.5 Å². The van der Waals surface area contributed by atoms with Gasteiger partial charge in [-0.1, -0.05) is 24.3 Å². The average Bonchev–Trinajstić information content (AvgIpc) is 2.75. The lowest BCUT2D eigenvalue weighted by Crippen LogP contribution is -1.99. The highest BCUT2D eigenvalue weighted by Gasteiger charge is 2.11. The van der Waals surface area contributed by atoms with Crippen LogP contribution in [0.2, 0.25) is 0 Å². The van der Waals surface area contributed by atoms with E-state index in [2.05, 4.69) is 21.6 Å². The van der Waals surface area contributed by atoms with Crippen molar-refractivity contribution in [3.63, 3.8) is 0 Å². The van der Waals surface area contributed by atoms with Gasteiger partial charge in [-0.3, -0.25) is 0 Å². The second kappa shape index (κ2) is 7.14. The Balaban J connectivity index is 1.76.